The summed E-state index contributed by atoms with van der Waals surface area (Å²) in [7, 11) is 0. The van der Waals surface area contributed by atoms with Crippen molar-refractivity contribution in [2.75, 3.05) is 0 Å². The van der Waals surface area contributed by atoms with Gasteiger partial charge in [0.05, 0.1) is 0 Å². The van der Waals surface area contributed by atoms with Crippen LogP contribution < -0.4 is 14.8 Å². The van der Waals surface area contributed by atoms with Crippen LogP contribution in [0.25, 0.3) is 0 Å². The van der Waals surface area contributed by atoms with Gasteiger partial charge in [0, 0.05) is 23.3 Å². The molecule has 0 saturated heterocycles. The van der Waals surface area contributed by atoms with Crippen molar-refractivity contribution in [2.45, 2.75) is 57.8 Å². The number of nitrogens with zero attached hydrogens (tertiary/aromatic N) is 1. The molecule has 2 aromatic rings. The second-order valence-corrected chi connectivity index (χ2v) is 7.68. The van der Waals surface area contributed by atoms with Crippen LogP contribution in [0.4, 0.5) is 0 Å². The lowest BCUT2D eigenvalue weighted by Crippen LogP contribution is -2.46. The van der Waals surface area contributed by atoms with E-state index in [2.05, 4.69) is 10.3 Å². The lowest BCUT2D eigenvalue weighted by atomic mass is 10.1. The summed E-state index contributed by atoms with van der Waals surface area (Å²) in [5.41, 5.74) is -0.164. The predicted molar refractivity (Wildman–Crippen MR) is 105 cm³/mol. The monoisotopic (exact) mass is 388 g/mol. The second kappa shape index (κ2) is 8.61. The summed E-state index contributed by atoms with van der Waals surface area (Å²) >= 11 is 5.89. The third kappa shape index (κ3) is 5.36. The molecule has 1 N–H and O–H groups in total. The molecule has 1 aliphatic carbocycles. The zero-order valence-electron chi connectivity index (χ0n) is 15.7. The van der Waals surface area contributed by atoms with Crippen molar-refractivity contribution in [1.82, 2.24) is 10.3 Å². The molecule has 3 rings (SSSR count). The number of halogens is 1. The van der Waals surface area contributed by atoms with E-state index in [0.717, 1.165) is 18.4 Å². The predicted octanol–water partition coefficient (Wildman–Crippen LogP) is 4.53. The Kier molecular flexibility index (Phi) is 6.22. The number of benzene rings is 1. The Morgan fingerprint density at radius 2 is 1.93 bits per heavy atom. The molecule has 1 saturated carbocycles. The minimum atomic E-state index is -1.03. The number of rotatable bonds is 7. The van der Waals surface area contributed by atoms with Gasteiger partial charge in [0.2, 0.25) is 5.88 Å². The smallest absolute Gasteiger partial charge is 0.263 e. The summed E-state index contributed by atoms with van der Waals surface area (Å²) in [5.74, 6) is 0.973. The van der Waals surface area contributed by atoms with Crippen LogP contribution in [0.5, 0.6) is 11.6 Å². The van der Waals surface area contributed by atoms with Crippen LogP contribution in [0, 0.1) is 0 Å². The fourth-order valence-electron chi connectivity index (χ4n) is 3.06. The van der Waals surface area contributed by atoms with Gasteiger partial charge in [-0.2, -0.15) is 0 Å². The summed E-state index contributed by atoms with van der Waals surface area (Å²) in [6, 6.07) is 10.7. The zero-order chi connectivity index (χ0) is 19.3. The quantitative estimate of drug-likeness (QED) is 0.756. The molecule has 5 nitrogen and oxygen atoms in total. The summed E-state index contributed by atoms with van der Waals surface area (Å²) in [5, 5.41) is 3.55. The molecule has 1 heterocycles. The summed E-state index contributed by atoms with van der Waals surface area (Å²) in [6.45, 7) is 3.80. The van der Waals surface area contributed by atoms with Crippen LogP contribution in [-0.4, -0.2) is 22.6 Å². The van der Waals surface area contributed by atoms with Crippen molar-refractivity contribution in [3.8, 4) is 11.6 Å². The fraction of sp³-hybridized carbons (Fsp3) is 0.429. The maximum Gasteiger partial charge on any atom is 0.263 e. The van der Waals surface area contributed by atoms with Crippen LogP contribution in [-0.2, 0) is 11.3 Å². The van der Waals surface area contributed by atoms with E-state index in [9.17, 15) is 4.79 Å². The van der Waals surface area contributed by atoms with Gasteiger partial charge in [0.1, 0.15) is 11.9 Å². The number of nitrogens with one attached hydrogen (secondary N) is 1. The van der Waals surface area contributed by atoms with Gasteiger partial charge >= 0.3 is 0 Å². The SMILES string of the molecule is CC(C)(Oc1ccc(Cl)cc1)C(=O)NCc1cccnc1OC1CCCC1. The van der Waals surface area contributed by atoms with Crippen LogP contribution >= 0.6 is 11.6 Å². The first kappa shape index (κ1) is 19.5. The third-order valence-electron chi connectivity index (χ3n) is 4.60. The standard InChI is InChI=1S/C21H25ClN2O3/c1-21(2,27-18-11-9-16(22)10-12-18)20(25)24-14-15-6-5-13-23-19(15)26-17-7-3-4-8-17/h5-6,9-13,17H,3-4,7-8,14H2,1-2H3,(H,24,25). The van der Waals surface area contributed by atoms with Crippen molar-refractivity contribution in [1.29, 1.82) is 0 Å². The maximum absolute atomic E-state index is 12.6. The molecule has 0 atom stereocenters. The van der Waals surface area contributed by atoms with E-state index in [-0.39, 0.29) is 12.0 Å². The van der Waals surface area contributed by atoms with Gasteiger partial charge in [-0.3, -0.25) is 4.79 Å². The lowest BCUT2D eigenvalue weighted by Gasteiger charge is -2.25. The molecule has 6 heteroatoms. The molecule has 1 aromatic carbocycles. The Bertz CT molecular complexity index is 771. The minimum Gasteiger partial charge on any atom is -0.478 e. The van der Waals surface area contributed by atoms with Gasteiger partial charge in [-0.1, -0.05) is 17.7 Å². The molecule has 0 spiro atoms. The van der Waals surface area contributed by atoms with Crippen LogP contribution in [0.3, 0.4) is 0 Å². The third-order valence-corrected chi connectivity index (χ3v) is 4.86. The van der Waals surface area contributed by atoms with Gasteiger partial charge in [-0.05, 0) is 69.9 Å². The molecular formula is C21H25ClN2O3. The van der Waals surface area contributed by atoms with Gasteiger partial charge in [0.15, 0.2) is 5.60 Å². The molecule has 1 amide bonds. The number of hydrogen-bond donors (Lipinski definition) is 1. The highest BCUT2D eigenvalue weighted by molar-refractivity contribution is 6.30. The van der Waals surface area contributed by atoms with Crippen molar-refractivity contribution in [3.63, 3.8) is 0 Å². The number of hydrogen-bond acceptors (Lipinski definition) is 4. The molecule has 0 unspecified atom stereocenters. The van der Waals surface area contributed by atoms with Crippen molar-refractivity contribution < 1.29 is 14.3 Å². The average molecular weight is 389 g/mol. The average Bonchev–Trinajstić information content (AvgIpc) is 3.15. The first-order chi connectivity index (χ1) is 12.9. The number of carbonyl (C=O) groups is 1. The summed E-state index contributed by atoms with van der Waals surface area (Å²) < 4.78 is 11.9. The minimum absolute atomic E-state index is 0.215. The van der Waals surface area contributed by atoms with E-state index < -0.39 is 5.60 Å². The Morgan fingerprint density at radius 3 is 2.63 bits per heavy atom. The largest absolute Gasteiger partial charge is 0.478 e. The number of carbonyl (C=O) groups excluding carboxylic acids is 1. The molecular weight excluding hydrogens is 364 g/mol. The van der Waals surface area contributed by atoms with Gasteiger partial charge in [-0.15, -0.1) is 0 Å². The number of amides is 1. The Hall–Kier alpha value is -2.27. The number of pyridine rings is 1. The summed E-state index contributed by atoms with van der Waals surface area (Å²) in [6.07, 6.45) is 6.44. The van der Waals surface area contributed by atoms with Crippen LogP contribution in [0.2, 0.25) is 5.02 Å². The van der Waals surface area contributed by atoms with E-state index >= 15 is 0 Å². The van der Waals surface area contributed by atoms with Crippen LogP contribution in [0.15, 0.2) is 42.6 Å². The topological polar surface area (TPSA) is 60.5 Å². The van der Waals surface area contributed by atoms with Crippen LogP contribution in [0.1, 0.15) is 45.1 Å². The normalized spacial score (nSPS) is 14.8. The molecule has 0 radical (unpaired) electrons. The molecule has 0 aliphatic heterocycles. The summed E-state index contributed by atoms with van der Waals surface area (Å²) in [4.78, 5) is 17.0. The van der Waals surface area contributed by atoms with Crippen molar-refractivity contribution in [3.05, 3.63) is 53.2 Å². The maximum atomic E-state index is 12.6. The molecule has 144 valence electrons. The van der Waals surface area contributed by atoms with Gasteiger partial charge in [-0.25, -0.2) is 4.98 Å². The molecule has 0 bridgehead atoms. The van der Waals surface area contributed by atoms with E-state index in [4.69, 9.17) is 21.1 Å². The highest BCUT2D eigenvalue weighted by Crippen LogP contribution is 2.25. The van der Waals surface area contributed by atoms with Crippen molar-refractivity contribution in [2.24, 2.45) is 0 Å². The van der Waals surface area contributed by atoms with Gasteiger partial charge < -0.3 is 14.8 Å². The Morgan fingerprint density at radius 1 is 1.22 bits per heavy atom. The fourth-order valence-corrected chi connectivity index (χ4v) is 3.19. The molecule has 1 aromatic heterocycles. The Labute approximate surface area is 165 Å². The number of aromatic nitrogens is 1. The van der Waals surface area contributed by atoms with E-state index in [0.29, 0.717) is 23.2 Å². The lowest BCUT2D eigenvalue weighted by molar-refractivity contribution is -0.134. The molecule has 27 heavy (non-hydrogen) atoms. The molecule has 1 fully saturated rings. The highest BCUT2D eigenvalue weighted by atomic mass is 35.5. The van der Waals surface area contributed by atoms with E-state index in [1.165, 1.54) is 12.8 Å². The molecule has 1 aliphatic rings. The zero-order valence-corrected chi connectivity index (χ0v) is 16.5. The number of ether oxygens (including phenoxy) is 2. The first-order valence-corrected chi connectivity index (χ1v) is 9.65. The van der Waals surface area contributed by atoms with Gasteiger partial charge in [0.25, 0.3) is 5.91 Å². The van der Waals surface area contributed by atoms with Crippen molar-refractivity contribution >= 4 is 17.5 Å². The second-order valence-electron chi connectivity index (χ2n) is 7.24. The Balaban J connectivity index is 1.60. The van der Waals surface area contributed by atoms with E-state index in [1.54, 1.807) is 44.3 Å². The first-order valence-electron chi connectivity index (χ1n) is 9.27. The highest BCUT2D eigenvalue weighted by Gasteiger charge is 2.30. The van der Waals surface area contributed by atoms with E-state index in [1.807, 2.05) is 12.1 Å².